The lowest BCUT2D eigenvalue weighted by molar-refractivity contribution is 0.234. The average Bonchev–Trinajstić information content (AvgIpc) is 3.42. The summed E-state index contributed by atoms with van der Waals surface area (Å²) in [5.74, 6) is 1.73. The van der Waals surface area contributed by atoms with Gasteiger partial charge in [-0.3, -0.25) is 4.90 Å². The normalized spacial score (nSPS) is 14.8. The number of fused-ring (bicyclic) bond motifs is 1. The zero-order chi connectivity index (χ0) is 21.2. The summed E-state index contributed by atoms with van der Waals surface area (Å²) in [7, 11) is 0. The van der Waals surface area contributed by atoms with Crippen molar-refractivity contribution >= 4 is 11.0 Å². The van der Waals surface area contributed by atoms with Crippen LogP contribution in [-0.2, 0) is 6.54 Å². The summed E-state index contributed by atoms with van der Waals surface area (Å²) in [5.41, 5.74) is 2.06. The lowest BCUT2D eigenvalue weighted by Crippen LogP contribution is -2.25. The highest BCUT2D eigenvalue weighted by atomic mass is 16.5. The molecule has 0 unspecified atom stereocenters. The number of benzene rings is 1. The predicted octanol–water partition coefficient (Wildman–Crippen LogP) is 4.42. The molecule has 1 aromatic carbocycles. The van der Waals surface area contributed by atoms with E-state index in [0.717, 1.165) is 74.7 Å². The molecule has 1 saturated heterocycles. The predicted molar refractivity (Wildman–Crippen MR) is 124 cm³/mol. The Hall–Kier alpha value is -1.79. The van der Waals surface area contributed by atoms with Crippen LogP contribution in [0.5, 0.6) is 11.5 Å². The lowest BCUT2D eigenvalue weighted by Gasteiger charge is -2.18. The fraction of sp³-hybridized carbons (Fsp3) is 0.708. The Morgan fingerprint density at radius 3 is 2.50 bits per heavy atom. The third-order valence-electron chi connectivity index (χ3n) is 6.06. The van der Waals surface area contributed by atoms with Crippen LogP contribution in [0.2, 0.25) is 0 Å². The van der Waals surface area contributed by atoms with E-state index in [2.05, 4.69) is 46.2 Å². The quantitative estimate of drug-likeness (QED) is 0.427. The third-order valence-corrected chi connectivity index (χ3v) is 6.06. The molecule has 2 aromatic rings. The number of nitrogens with zero attached hydrogens (tertiary/aromatic N) is 4. The van der Waals surface area contributed by atoms with Crippen LogP contribution in [-0.4, -0.2) is 71.8 Å². The van der Waals surface area contributed by atoms with Crippen molar-refractivity contribution < 1.29 is 9.47 Å². The molecule has 1 aliphatic rings. The number of likely N-dealkylation sites (tertiary alicyclic amines) is 1. The Morgan fingerprint density at radius 2 is 1.77 bits per heavy atom. The number of imidazole rings is 1. The van der Waals surface area contributed by atoms with E-state index in [0.29, 0.717) is 6.61 Å². The fourth-order valence-corrected chi connectivity index (χ4v) is 4.12. The zero-order valence-corrected chi connectivity index (χ0v) is 19.2. The van der Waals surface area contributed by atoms with Crippen LogP contribution in [0.4, 0.5) is 0 Å². The fourth-order valence-electron chi connectivity index (χ4n) is 4.12. The van der Waals surface area contributed by atoms with Gasteiger partial charge in [-0.2, -0.15) is 0 Å². The van der Waals surface area contributed by atoms with E-state index in [1.54, 1.807) is 0 Å². The highest BCUT2D eigenvalue weighted by Crippen LogP contribution is 2.31. The summed E-state index contributed by atoms with van der Waals surface area (Å²) in [4.78, 5) is 9.57. The molecule has 168 valence electrons. The second kappa shape index (κ2) is 12.2. The zero-order valence-electron chi connectivity index (χ0n) is 19.2. The van der Waals surface area contributed by atoms with E-state index in [4.69, 9.17) is 9.47 Å². The minimum atomic E-state index is 0.699. The summed E-state index contributed by atoms with van der Waals surface area (Å²) in [6.07, 6.45) is 7.89. The number of unbranched alkanes of at least 4 members (excludes halogenated alkanes) is 1. The van der Waals surface area contributed by atoms with Gasteiger partial charge in [0.1, 0.15) is 17.9 Å². The first-order chi connectivity index (χ1) is 14.7. The Kier molecular flexibility index (Phi) is 9.27. The summed E-state index contributed by atoms with van der Waals surface area (Å²) in [5, 5.41) is 0. The van der Waals surface area contributed by atoms with Crippen LogP contribution in [0.1, 0.15) is 52.9 Å². The molecule has 0 atom stereocenters. The molecule has 0 N–H and O–H groups in total. The molecule has 0 radical (unpaired) electrons. The van der Waals surface area contributed by atoms with E-state index in [-0.39, 0.29) is 0 Å². The van der Waals surface area contributed by atoms with Gasteiger partial charge in [0, 0.05) is 31.8 Å². The number of hydrogen-bond acceptors (Lipinski definition) is 5. The van der Waals surface area contributed by atoms with Crippen molar-refractivity contribution in [3.63, 3.8) is 0 Å². The van der Waals surface area contributed by atoms with Gasteiger partial charge in [-0.05, 0) is 51.9 Å². The van der Waals surface area contributed by atoms with Crippen LogP contribution in [0.15, 0.2) is 18.5 Å². The van der Waals surface area contributed by atoms with Crippen molar-refractivity contribution in [1.29, 1.82) is 0 Å². The number of aryl methyl sites for hydroxylation is 1. The summed E-state index contributed by atoms with van der Waals surface area (Å²) < 4.78 is 14.6. The van der Waals surface area contributed by atoms with E-state index < -0.39 is 0 Å². The van der Waals surface area contributed by atoms with Crippen LogP contribution in [0, 0.1) is 0 Å². The Labute approximate surface area is 182 Å². The third kappa shape index (κ3) is 6.35. The summed E-state index contributed by atoms with van der Waals surface area (Å²) >= 11 is 0. The summed E-state index contributed by atoms with van der Waals surface area (Å²) in [6, 6.07) is 4.16. The van der Waals surface area contributed by atoms with Crippen molar-refractivity contribution in [2.75, 3.05) is 52.5 Å². The topological polar surface area (TPSA) is 42.8 Å². The number of aromatic nitrogens is 2. The van der Waals surface area contributed by atoms with Gasteiger partial charge in [-0.25, -0.2) is 4.98 Å². The van der Waals surface area contributed by atoms with E-state index in [1.165, 1.54) is 32.4 Å². The molecule has 1 aliphatic heterocycles. The molecule has 0 spiro atoms. The van der Waals surface area contributed by atoms with Crippen LogP contribution in [0.25, 0.3) is 11.0 Å². The van der Waals surface area contributed by atoms with Gasteiger partial charge in [-0.15, -0.1) is 0 Å². The second-order valence-corrected chi connectivity index (χ2v) is 8.21. The van der Waals surface area contributed by atoms with Gasteiger partial charge in [0.25, 0.3) is 0 Å². The number of hydrogen-bond donors (Lipinski definition) is 0. The van der Waals surface area contributed by atoms with E-state index in [1.807, 2.05) is 12.4 Å². The summed E-state index contributed by atoms with van der Waals surface area (Å²) in [6.45, 7) is 15.7. The van der Waals surface area contributed by atoms with Gasteiger partial charge in [0.2, 0.25) is 0 Å². The first-order valence-corrected chi connectivity index (χ1v) is 11.9. The monoisotopic (exact) mass is 416 g/mol. The molecule has 1 fully saturated rings. The van der Waals surface area contributed by atoms with Gasteiger partial charge < -0.3 is 18.9 Å². The molecule has 6 heteroatoms. The van der Waals surface area contributed by atoms with Crippen molar-refractivity contribution in [2.24, 2.45) is 0 Å². The largest absolute Gasteiger partial charge is 0.492 e. The Bertz CT molecular complexity index is 751. The molecule has 0 bridgehead atoms. The maximum Gasteiger partial charge on any atom is 0.150 e. The maximum absolute atomic E-state index is 6.20. The molecule has 0 saturated carbocycles. The minimum absolute atomic E-state index is 0.699. The molecule has 0 amide bonds. The average molecular weight is 417 g/mol. The molecule has 1 aromatic heterocycles. The maximum atomic E-state index is 6.20. The minimum Gasteiger partial charge on any atom is -0.492 e. The Balaban J connectivity index is 1.67. The van der Waals surface area contributed by atoms with Crippen molar-refractivity contribution in [3.05, 3.63) is 18.5 Å². The molecular formula is C24H40N4O2. The number of rotatable bonds is 14. The van der Waals surface area contributed by atoms with Gasteiger partial charge in [0.05, 0.1) is 18.5 Å². The highest BCUT2D eigenvalue weighted by molar-refractivity contribution is 5.83. The van der Waals surface area contributed by atoms with E-state index in [9.17, 15) is 0 Å². The molecule has 6 nitrogen and oxygen atoms in total. The molecule has 30 heavy (non-hydrogen) atoms. The molecular weight excluding hydrogens is 376 g/mol. The highest BCUT2D eigenvalue weighted by Gasteiger charge is 2.14. The lowest BCUT2D eigenvalue weighted by atomic mass is 10.2. The van der Waals surface area contributed by atoms with Gasteiger partial charge in [-0.1, -0.05) is 27.2 Å². The standard InChI is InChI=1S/C24H40N4O2/c1-4-7-14-28-20-25-24-22(28)18-21(29-17-15-27-11-8-9-12-27)19-23(24)30-16-10-13-26(5-2)6-3/h18-20H,4-17H2,1-3H3. The van der Waals surface area contributed by atoms with E-state index >= 15 is 0 Å². The SMILES string of the molecule is CCCCn1cnc2c(OCCCN(CC)CC)cc(OCCN3CCCC3)cc21. The second-order valence-electron chi connectivity index (χ2n) is 8.21. The Morgan fingerprint density at radius 1 is 0.967 bits per heavy atom. The number of ether oxygens (including phenoxy) is 2. The van der Waals surface area contributed by atoms with Gasteiger partial charge >= 0.3 is 0 Å². The van der Waals surface area contributed by atoms with Crippen molar-refractivity contribution in [1.82, 2.24) is 19.4 Å². The first-order valence-electron chi connectivity index (χ1n) is 11.9. The van der Waals surface area contributed by atoms with Crippen LogP contribution >= 0.6 is 0 Å². The molecule has 2 heterocycles. The van der Waals surface area contributed by atoms with Crippen LogP contribution < -0.4 is 9.47 Å². The molecule has 3 rings (SSSR count). The van der Waals surface area contributed by atoms with Crippen molar-refractivity contribution in [3.8, 4) is 11.5 Å². The smallest absolute Gasteiger partial charge is 0.150 e. The van der Waals surface area contributed by atoms with Gasteiger partial charge in [0.15, 0.2) is 5.75 Å². The molecule has 0 aliphatic carbocycles. The first kappa shape index (κ1) is 22.9. The van der Waals surface area contributed by atoms with Crippen molar-refractivity contribution in [2.45, 2.75) is 59.4 Å². The van der Waals surface area contributed by atoms with Crippen LogP contribution in [0.3, 0.4) is 0 Å².